The molecule has 2 heterocycles. The van der Waals surface area contributed by atoms with Gasteiger partial charge in [-0.05, 0) is 55.0 Å². The van der Waals surface area contributed by atoms with E-state index in [0.29, 0.717) is 28.1 Å². The average Bonchev–Trinajstić information content (AvgIpc) is 3.54. The van der Waals surface area contributed by atoms with Gasteiger partial charge < -0.3 is 15.8 Å². The first kappa shape index (κ1) is 23.4. The summed E-state index contributed by atoms with van der Waals surface area (Å²) < 4.78 is 4.75. The Morgan fingerprint density at radius 1 is 1.24 bits per heavy atom. The van der Waals surface area contributed by atoms with Crippen LogP contribution in [0.15, 0.2) is 54.6 Å². The van der Waals surface area contributed by atoms with Crippen molar-refractivity contribution >= 4 is 40.8 Å². The summed E-state index contributed by atoms with van der Waals surface area (Å²) in [5.41, 5.74) is 8.50. The fraction of sp³-hybridized carbons (Fsp3) is 0.385. The van der Waals surface area contributed by atoms with Crippen molar-refractivity contribution in [1.29, 1.82) is 0 Å². The topological polar surface area (TPSA) is 84.7 Å². The number of nitrogens with one attached hydrogen (secondary N) is 1. The number of amides is 1. The van der Waals surface area contributed by atoms with Crippen LogP contribution in [-0.2, 0) is 19.9 Å². The van der Waals surface area contributed by atoms with Crippen LogP contribution in [0.1, 0.15) is 36.3 Å². The van der Waals surface area contributed by atoms with E-state index in [0.717, 1.165) is 30.5 Å². The van der Waals surface area contributed by atoms with E-state index in [-0.39, 0.29) is 23.9 Å². The molecule has 3 N–H and O–H groups in total. The summed E-state index contributed by atoms with van der Waals surface area (Å²) in [6.07, 6.45) is 5.98. The quantitative estimate of drug-likeness (QED) is 0.452. The van der Waals surface area contributed by atoms with Gasteiger partial charge in [-0.1, -0.05) is 47.5 Å². The Balaban J connectivity index is 1.68. The van der Waals surface area contributed by atoms with E-state index in [2.05, 4.69) is 10.2 Å². The normalized spacial score (nSPS) is 28.5. The molecule has 2 aromatic rings. The molecule has 0 unspecified atom stereocenters. The molecular weight excluding hydrogens is 473 g/mol. The zero-order chi connectivity index (χ0) is 24.0. The summed E-state index contributed by atoms with van der Waals surface area (Å²) in [4.78, 5) is 28.0. The predicted octanol–water partition coefficient (Wildman–Crippen LogP) is 4.47. The molecule has 1 saturated carbocycles. The molecule has 178 valence electrons. The third-order valence-corrected chi connectivity index (χ3v) is 7.78. The maximum atomic E-state index is 14.0. The van der Waals surface area contributed by atoms with E-state index < -0.39 is 11.5 Å². The number of nitrogens with two attached hydrogens (primary N) is 1. The second kappa shape index (κ2) is 9.00. The first-order valence-corrected chi connectivity index (χ1v) is 12.3. The molecule has 1 saturated heterocycles. The summed E-state index contributed by atoms with van der Waals surface area (Å²) in [7, 11) is 1.35. The zero-order valence-electron chi connectivity index (χ0n) is 18.8. The highest BCUT2D eigenvalue weighted by atomic mass is 35.5. The maximum absolute atomic E-state index is 14.0. The third kappa shape index (κ3) is 3.83. The number of anilines is 1. The molecule has 6 nitrogen and oxygen atoms in total. The molecule has 4 atom stereocenters. The highest BCUT2D eigenvalue weighted by Crippen LogP contribution is 2.58. The number of ether oxygens (including phenoxy) is 1. The summed E-state index contributed by atoms with van der Waals surface area (Å²) in [5, 5.41) is 4.24. The van der Waals surface area contributed by atoms with Crippen LogP contribution in [0.2, 0.25) is 10.0 Å². The maximum Gasteiger partial charge on any atom is 0.330 e. The summed E-state index contributed by atoms with van der Waals surface area (Å²) in [6.45, 7) is 0.747. The summed E-state index contributed by atoms with van der Waals surface area (Å²) in [6, 6.07) is 12.6. The summed E-state index contributed by atoms with van der Waals surface area (Å²) in [5.74, 6) is -0.354. The van der Waals surface area contributed by atoms with Crippen LogP contribution in [0.5, 0.6) is 0 Å². The molecule has 0 bridgehead atoms. The van der Waals surface area contributed by atoms with Gasteiger partial charge in [-0.2, -0.15) is 0 Å². The number of halogens is 2. The van der Waals surface area contributed by atoms with Gasteiger partial charge in [0.15, 0.2) is 0 Å². The highest BCUT2D eigenvalue weighted by Gasteiger charge is 2.66. The van der Waals surface area contributed by atoms with E-state index in [1.54, 1.807) is 12.1 Å². The molecule has 1 spiro atoms. The minimum atomic E-state index is -1.00. The molecule has 8 heteroatoms. The number of esters is 1. The van der Waals surface area contributed by atoms with Crippen LogP contribution in [0.3, 0.4) is 0 Å². The minimum Gasteiger partial charge on any atom is -0.466 e. The Kier molecular flexibility index (Phi) is 6.19. The van der Waals surface area contributed by atoms with Gasteiger partial charge in [0.05, 0.1) is 7.11 Å². The molecule has 5 rings (SSSR count). The fourth-order valence-electron chi connectivity index (χ4n) is 5.71. The van der Waals surface area contributed by atoms with Crippen molar-refractivity contribution in [2.75, 3.05) is 19.0 Å². The standard InChI is InChI=1S/C26H27Cl2N3O3/c1-34-22(32)7-3-6-21-24(29)23(16-4-2-5-17(27)12-16)26(31(21)14-15-8-9-15)19-11-10-18(28)13-20(19)30-25(26)33/h2-5,7,10-13,15,21,23-24H,6,8-9,14,29H2,1H3,(H,30,33)/b7-3+/t21-,23-,24+,26+/m0/s1. The molecule has 2 aliphatic heterocycles. The van der Waals surface area contributed by atoms with E-state index in [9.17, 15) is 9.59 Å². The van der Waals surface area contributed by atoms with Crippen LogP contribution in [0, 0.1) is 5.92 Å². The van der Waals surface area contributed by atoms with E-state index in [1.807, 2.05) is 36.4 Å². The predicted molar refractivity (Wildman–Crippen MR) is 133 cm³/mol. The number of benzene rings is 2. The number of fused-ring (bicyclic) bond motifs is 2. The number of likely N-dealkylation sites (tertiary alicyclic amines) is 1. The number of hydrogen-bond acceptors (Lipinski definition) is 5. The lowest BCUT2D eigenvalue weighted by atomic mass is 9.74. The van der Waals surface area contributed by atoms with Crippen molar-refractivity contribution in [3.8, 4) is 0 Å². The lowest BCUT2D eigenvalue weighted by molar-refractivity contribution is -0.135. The second-order valence-electron chi connectivity index (χ2n) is 9.34. The van der Waals surface area contributed by atoms with Gasteiger partial charge in [0.1, 0.15) is 5.54 Å². The zero-order valence-corrected chi connectivity index (χ0v) is 20.4. The Labute approximate surface area is 209 Å². The molecule has 34 heavy (non-hydrogen) atoms. The van der Waals surface area contributed by atoms with Crippen molar-refractivity contribution in [1.82, 2.24) is 4.90 Å². The first-order chi connectivity index (χ1) is 16.4. The van der Waals surface area contributed by atoms with Gasteiger partial charge in [0.25, 0.3) is 0 Å². The second-order valence-corrected chi connectivity index (χ2v) is 10.2. The van der Waals surface area contributed by atoms with Gasteiger partial charge in [0, 0.05) is 51.9 Å². The Morgan fingerprint density at radius 3 is 2.71 bits per heavy atom. The number of carbonyl (C=O) groups excluding carboxylic acids is 2. The number of rotatable bonds is 6. The summed E-state index contributed by atoms with van der Waals surface area (Å²) >= 11 is 12.7. The number of methoxy groups -OCH3 is 1. The molecule has 0 radical (unpaired) electrons. The van der Waals surface area contributed by atoms with Gasteiger partial charge in [0.2, 0.25) is 5.91 Å². The van der Waals surface area contributed by atoms with Crippen LogP contribution >= 0.6 is 23.2 Å². The van der Waals surface area contributed by atoms with Crippen LogP contribution < -0.4 is 11.1 Å². The van der Waals surface area contributed by atoms with Crippen molar-refractivity contribution in [2.45, 2.75) is 42.8 Å². The largest absolute Gasteiger partial charge is 0.466 e. The van der Waals surface area contributed by atoms with E-state index >= 15 is 0 Å². The average molecular weight is 500 g/mol. The van der Waals surface area contributed by atoms with Crippen molar-refractivity contribution in [3.63, 3.8) is 0 Å². The molecule has 1 amide bonds. The van der Waals surface area contributed by atoms with Gasteiger partial charge in [-0.3, -0.25) is 9.69 Å². The molecule has 2 aromatic carbocycles. The first-order valence-electron chi connectivity index (χ1n) is 11.5. The van der Waals surface area contributed by atoms with Gasteiger partial charge in [-0.15, -0.1) is 0 Å². The van der Waals surface area contributed by atoms with Crippen LogP contribution in [-0.4, -0.2) is 42.5 Å². The monoisotopic (exact) mass is 499 g/mol. The van der Waals surface area contributed by atoms with Crippen molar-refractivity contribution in [3.05, 3.63) is 75.8 Å². The third-order valence-electron chi connectivity index (χ3n) is 7.31. The Bertz CT molecular complexity index is 1170. The lowest BCUT2D eigenvalue weighted by Crippen LogP contribution is -2.52. The van der Waals surface area contributed by atoms with Crippen LogP contribution in [0.4, 0.5) is 5.69 Å². The van der Waals surface area contributed by atoms with E-state index in [1.165, 1.54) is 13.2 Å². The van der Waals surface area contributed by atoms with Crippen LogP contribution in [0.25, 0.3) is 0 Å². The van der Waals surface area contributed by atoms with E-state index in [4.69, 9.17) is 33.7 Å². The van der Waals surface area contributed by atoms with Crippen molar-refractivity contribution in [2.24, 2.45) is 11.7 Å². The van der Waals surface area contributed by atoms with Gasteiger partial charge >= 0.3 is 5.97 Å². The smallest absolute Gasteiger partial charge is 0.330 e. The molecular formula is C26H27Cl2N3O3. The molecule has 3 aliphatic rings. The number of nitrogens with zero attached hydrogens (tertiary/aromatic N) is 1. The number of hydrogen-bond donors (Lipinski definition) is 2. The Morgan fingerprint density at radius 2 is 2.00 bits per heavy atom. The highest BCUT2D eigenvalue weighted by molar-refractivity contribution is 6.31. The lowest BCUT2D eigenvalue weighted by Gasteiger charge is -2.39. The fourth-order valence-corrected chi connectivity index (χ4v) is 6.08. The molecule has 0 aromatic heterocycles. The Hall–Kier alpha value is -2.38. The number of carbonyl (C=O) groups is 2. The SMILES string of the molecule is COC(=O)/C=C/C[C@H]1[C@@H](N)[C@H](c2cccc(Cl)c2)[C@]2(C(=O)Nc3cc(Cl)ccc32)N1CC1CC1. The minimum absolute atomic E-state index is 0.106. The molecule has 1 aliphatic carbocycles. The van der Waals surface area contributed by atoms with Gasteiger partial charge in [-0.25, -0.2) is 4.79 Å². The molecule has 2 fully saturated rings. The van der Waals surface area contributed by atoms with Crippen molar-refractivity contribution < 1.29 is 14.3 Å².